The van der Waals surface area contributed by atoms with Crippen molar-refractivity contribution in [1.82, 2.24) is 20.1 Å². The third kappa shape index (κ3) is 4.46. The Labute approximate surface area is 175 Å². The lowest BCUT2D eigenvalue weighted by Crippen LogP contribution is -2.37. The lowest BCUT2D eigenvalue weighted by molar-refractivity contribution is -0.119. The Bertz CT molecular complexity index is 807. The van der Waals surface area contributed by atoms with Crippen molar-refractivity contribution in [3.05, 3.63) is 15.8 Å². The van der Waals surface area contributed by atoms with E-state index in [9.17, 15) is 4.79 Å². The summed E-state index contributed by atoms with van der Waals surface area (Å²) in [6, 6.07) is 0.364. The molecule has 2 heterocycles. The van der Waals surface area contributed by atoms with Gasteiger partial charge >= 0.3 is 0 Å². The van der Waals surface area contributed by atoms with Crippen molar-refractivity contribution in [3.8, 4) is 11.4 Å². The van der Waals surface area contributed by atoms with Gasteiger partial charge in [-0.1, -0.05) is 37.9 Å². The van der Waals surface area contributed by atoms with E-state index in [1.54, 1.807) is 0 Å². The van der Waals surface area contributed by atoms with Crippen LogP contribution in [0.4, 0.5) is 0 Å². The van der Waals surface area contributed by atoms with Crippen LogP contribution in [0.15, 0.2) is 10.5 Å². The zero-order chi connectivity index (χ0) is 19.3. The second-order valence-electron chi connectivity index (χ2n) is 7.91. The summed E-state index contributed by atoms with van der Waals surface area (Å²) >= 11 is 3.39. The number of fused-ring (bicyclic) bond motifs is 1. The van der Waals surface area contributed by atoms with E-state index in [1.807, 2.05) is 11.3 Å². The van der Waals surface area contributed by atoms with Crippen molar-refractivity contribution in [3.63, 3.8) is 0 Å². The second-order valence-corrected chi connectivity index (χ2v) is 9.81. The molecule has 0 unspecified atom stereocenters. The summed E-state index contributed by atoms with van der Waals surface area (Å²) in [4.78, 5) is 13.9. The van der Waals surface area contributed by atoms with Gasteiger partial charge < -0.3 is 9.88 Å². The van der Waals surface area contributed by atoms with Crippen LogP contribution in [0.2, 0.25) is 0 Å². The van der Waals surface area contributed by atoms with Crippen molar-refractivity contribution in [2.24, 2.45) is 0 Å². The highest BCUT2D eigenvalue weighted by Crippen LogP contribution is 2.36. The Balaban J connectivity index is 1.46. The standard InChI is InChI=1S/C21H30N4OS2/c1-2-12-25-20(17-13-27-18-11-7-6-10-16(17)18)23-24-21(25)28-14-19(26)22-15-8-4-3-5-9-15/h13,15H,2-12,14H2,1H3,(H,22,26). The minimum atomic E-state index is 0.123. The van der Waals surface area contributed by atoms with Gasteiger partial charge in [0, 0.05) is 28.4 Å². The average molecular weight is 419 g/mol. The van der Waals surface area contributed by atoms with Gasteiger partial charge in [0.2, 0.25) is 5.91 Å². The van der Waals surface area contributed by atoms with Gasteiger partial charge in [0.05, 0.1) is 5.75 Å². The van der Waals surface area contributed by atoms with E-state index in [-0.39, 0.29) is 5.91 Å². The minimum Gasteiger partial charge on any atom is -0.353 e. The van der Waals surface area contributed by atoms with Crippen LogP contribution in [0.5, 0.6) is 0 Å². The van der Waals surface area contributed by atoms with Gasteiger partial charge in [0.1, 0.15) is 0 Å². The molecule has 0 bridgehead atoms. The largest absolute Gasteiger partial charge is 0.353 e. The van der Waals surface area contributed by atoms with Crippen molar-refractivity contribution >= 4 is 29.0 Å². The first-order chi connectivity index (χ1) is 13.8. The zero-order valence-electron chi connectivity index (χ0n) is 16.7. The molecule has 152 valence electrons. The van der Waals surface area contributed by atoms with Crippen molar-refractivity contribution in [2.75, 3.05) is 5.75 Å². The molecule has 0 saturated heterocycles. The van der Waals surface area contributed by atoms with E-state index in [0.29, 0.717) is 11.8 Å². The molecule has 0 aliphatic heterocycles. The summed E-state index contributed by atoms with van der Waals surface area (Å²) in [5.41, 5.74) is 2.74. The molecule has 7 heteroatoms. The first-order valence-corrected chi connectivity index (χ1v) is 12.6. The quantitative estimate of drug-likeness (QED) is 0.654. The Morgan fingerprint density at radius 2 is 2.04 bits per heavy atom. The minimum absolute atomic E-state index is 0.123. The first-order valence-electron chi connectivity index (χ1n) is 10.7. The summed E-state index contributed by atoms with van der Waals surface area (Å²) in [6.07, 6.45) is 12.0. The average Bonchev–Trinajstić information content (AvgIpc) is 3.31. The third-order valence-electron chi connectivity index (χ3n) is 5.77. The molecule has 0 atom stereocenters. The lowest BCUT2D eigenvalue weighted by Gasteiger charge is -2.22. The first kappa shape index (κ1) is 20.0. The zero-order valence-corrected chi connectivity index (χ0v) is 18.3. The number of aryl methyl sites for hydroxylation is 1. The number of thioether (sulfide) groups is 1. The van der Waals surface area contributed by atoms with Crippen molar-refractivity contribution in [2.45, 2.75) is 88.9 Å². The maximum Gasteiger partial charge on any atom is 0.230 e. The van der Waals surface area contributed by atoms with Crippen molar-refractivity contribution in [1.29, 1.82) is 0 Å². The number of rotatable bonds is 7. The van der Waals surface area contributed by atoms with Gasteiger partial charge in [-0.05, 0) is 50.5 Å². The number of carbonyl (C=O) groups is 1. The van der Waals surface area contributed by atoms with Crippen LogP contribution in [0, 0.1) is 0 Å². The molecule has 0 spiro atoms. The summed E-state index contributed by atoms with van der Waals surface area (Å²) < 4.78 is 2.22. The fraction of sp³-hybridized carbons (Fsp3) is 0.667. The molecule has 1 fully saturated rings. The Morgan fingerprint density at radius 3 is 2.86 bits per heavy atom. The summed E-state index contributed by atoms with van der Waals surface area (Å²) in [6.45, 7) is 3.07. The number of hydrogen-bond acceptors (Lipinski definition) is 5. The van der Waals surface area contributed by atoms with Crippen LogP contribution in [0.1, 0.15) is 68.7 Å². The molecule has 2 aromatic heterocycles. The van der Waals surface area contributed by atoms with Crippen LogP contribution in [0.25, 0.3) is 11.4 Å². The molecule has 0 aromatic carbocycles. The molecule has 5 nitrogen and oxygen atoms in total. The second kappa shape index (κ2) is 9.44. The fourth-order valence-electron chi connectivity index (χ4n) is 4.35. The predicted molar refractivity (Wildman–Crippen MR) is 116 cm³/mol. The number of amides is 1. The van der Waals surface area contributed by atoms with E-state index in [2.05, 4.69) is 32.4 Å². The van der Waals surface area contributed by atoms with Crippen LogP contribution in [-0.4, -0.2) is 32.5 Å². The highest BCUT2D eigenvalue weighted by molar-refractivity contribution is 7.99. The van der Waals surface area contributed by atoms with Crippen LogP contribution in [-0.2, 0) is 24.2 Å². The molecular weight excluding hydrogens is 388 g/mol. The number of carbonyl (C=O) groups excluding carboxylic acids is 1. The number of nitrogens with zero attached hydrogens (tertiary/aromatic N) is 3. The van der Waals surface area contributed by atoms with E-state index < -0.39 is 0 Å². The molecule has 2 aliphatic rings. The summed E-state index contributed by atoms with van der Waals surface area (Å²) in [5, 5.41) is 15.3. The third-order valence-corrected chi connectivity index (χ3v) is 7.82. The summed E-state index contributed by atoms with van der Waals surface area (Å²) in [5.74, 6) is 1.52. The van der Waals surface area contributed by atoms with E-state index in [0.717, 1.165) is 43.2 Å². The van der Waals surface area contributed by atoms with Crippen LogP contribution >= 0.6 is 23.1 Å². The van der Waals surface area contributed by atoms with Gasteiger partial charge in [0.25, 0.3) is 0 Å². The van der Waals surface area contributed by atoms with Gasteiger partial charge in [-0.3, -0.25) is 4.79 Å². The number of hydrogen-bond donors (Lipinski definition) is 1. The number of nitrogens with one attached hydrogen (secondary N) is 1. The Hall–Kier alpha value is -1.34. The normalized spacial score (nSPS) is 17.5. The van der Waals surface area contributed by atoms with Crippen molar-refractivity contribution < 1.29 is 4.79 Å². The molecule has 2 aliphatic carbocycles. The van der Waals surface area contributed by atoms with Gasteiger partial charge in [-0.25, -0.2) is 0 Å². The number of thiophene rings is 1. The molecular formula is C21H30N4OS2. The lowest BCUT2D eigenvalue weighted by atomic mass is 9.95. The molecule has 1 saturated carbocycles. The fourth-order valence-corrected chi connectivity index (χ4v) is 6.25. The highest BCUT2D eigenvalue weighted by atomic mass is 32.2. The van der Waals surface area contributed by atoms with Gasteiger partial charge in [-0.2, -0.15) is 0 Å². The van der Waals surface area contributed by atoms with E-state index in [1.165, 1.54) is 66.3 Å². The molecule has 1 amide bonds. The molecule has 1 N–H and O–H groups in total. The maximum absolute atomic E-state index is 12.4. The van der Waals surface area contributed by atoms with E-state index >= 15 is 0 Å². The maximum atomic E-state index is 12.4. The molecule has 0 radical (unpaired) electrons. The molecule has 28 heavy (non-hydrogen) atoms. The monoisotopic (exact) mass is 418 g/mol. The van der Waals surface area contributed by atoms with Crippen LogP contribution in [0.3, 0.4) is 0 Å². The van der Waals surface area contributed by atoms with E-state index in [4.69, 9.17) is 0 Å². The Kier molecular flexibility index (Phi) is 6.73. The highest BCUT2D eigenvalue weighted by Gasteiger charge is 2.23. The predicted octanol–water partition coefficient (Wildman–Crippen LogP) is 4.84. The Morgan fingerprint density at radius 1 is 1.21 bits per heavy atom. The van der Waals surface area contributed by atoms with Gasteiger partial charge in [0.15, 0.2) is 11.0 Å². The summed E-state index contributed by atoms with van der Waals surface area (Å²) in [7, 11) is 0. The van der Waals surface area contributed by atoms with Crippen LogP contribution < -0.4 is 5.32 Å². The molecule has 4 rings (SSSR count). The van der Waals surface area contributed by atoms with Gasteiger partial charge in [-0.15, -0.1) is 21.5 Å². The SMILES string of the molecule is CCCn1c(SCC(=O)NC2CCCCC2)nnc1-c1csc2c1CCCC2. The topological polar surface area (TPSA) is 59.8 Å². The molecule has 2 aromatic rings. The smallest absolute Gasteiger partial charge is 0.230 e. The number of aromatic nitrogens is 3.